The summed E-state index contributed by atoms with van der Waals surface area (Å²) in [7, 11) is 3.52. The maximum absolute atomic E-state index is 13.3. The SMILES string of the molecule is COC(=O)C1CCC(C(=O)N2c3ccccc3N(C)CCC2C)CC1. The molecule has 0 saturated heterocycles. The van der Waals surface area contributed by atoms with Crippen molar-refractivity contribution in [3.05, 3.63) is 24.3 Å². The molecule has 136 valence electrons. The number of benzene rings is 1. The molecule has 1 heterocycles. The standard InChI is InChI=1S/C20H28N2O3/c1-14-12-13-21(2)17-6-4-5-7-18(17)22(14)19(23)15-8-10-16(11-9-15)20(24)25-3/h4-7,14-16H,8-13H2,1-3H3. The molecule has 0 N–H and O–H groups in total. The Bertz CT molecular complexity index is 638. The van der Waals surface area contributed by atoms with Crippen molar-refractivity contribution >= 4 is 23.3 Å². The maximum atomic E-state index is 13.3. The normalized spacial score (nSPS) is 26.6. The fourth-order valence-corrected chi connectivity index (χ4v) is 4.13. The topological polar surface area (TPSA) is 49.9 Å². The smallest absolute Gasteiger partial charge is 0.308 e. The largest absolute Gasteiger partial charge is 0.469 e. The number of amides is 1. The summed E-state index contributed by atoms with van der Waals surface area (Å²) < 4.78 is 4.85. The van der Waals surface area contributed by atoms with E-state index in [-0.39, 0.29) is 29.8 Å². The van der Waals surface area contributed by atoms with Crippen LogP contribution in [0, 0.1) is 11.8 Å². The first-order chi connectivity index (χ1) is 12.0. The van der Waals surface area contributed by atoms with E-state index in [1.54, 1.807) is 0 Å². The van der Waals surface area contributed by atoms with Crippen LogP contribution < -0.4 is 9.80 Å². The number of fused-ring (bicyclic) bond motifs is 1. The number of esters is 1. The van der Waals surface area contributed by atoms with Crippen LogP contribution in [-0.4, -0.2) is 38.6 Å². The lowest BCUT2D eigenvalue weighted by Gasteiger charge is -2.34. The first-order valence-corrected chi connectivity index (χ1v) is 9.24. The monoisotopic (exact) mass is 344 g/mol. The van der Waals surface area contributed by atoms with Crippen molar-refractivity contribution in [2.24, 2.45) is 11.8 Å². The number of carbonyl (C=O) groups is 2. The van der Waals surface area contributed by atoms with Crippen LogP contribution in [0.2, 0.25) is 0 Å². The quantitative estimate of drug-likeness (QED) is 0.773. The van der Waals surface area contributed by atoms with Gasteiger partial charge in [-0.1, -0.05) is 12.1 Å². The highest BCUT2D eigenvalue weighted by Crippen LogP contribution is 2.37. The van der Waals surface area contributed by atoms with E-state index in [2.05, 4.69) is 24.9 Å². The zero-order valence-electron chi connectivity index (χ0n) is 15.4. The first kappa shape index (κ1) is 17.8. The van der Waals surface area contributed by atoms with Gasteiger partial charge in [0.05, 0.1) is 24.4 Å². The molecule has 1 amide bonds. The van der Waals surface area contributed by atoms with E-state index >= 15 is 0 Å². The Labute approximate surface area is 149 Å². The van der Waals surface area contributed by atoms with E-state index in [4.69, 9.17) is 4.74 Å². The second kappa shape index (κ2) is 7.46. The molecule has 0 spiro atoms. The molecule has 1 fully saturated rings. The number of carbonyl (C=O) groups excluding carboxylic acids is 2. The fraction of sp³-hybridized carbons (Fsp3) is 0.600. The molecule has 25 heavy (non-hydrogen) atoms. The third-order valence-electron chi connectivity index (χ3n) is 5.72. The molecule has 1 aliphatic heterocycles. The Morgan fingerprint density at radius 2 is 1.60 bits per heavy atom. The van der Waals surface area contributed by atoms with Gasteiger partial charge in [-0.15, -0.1) is 0 Å². The molecule has 0 aromatic heterocycles. The Morgan fingerprint density at radius 3 is 2.24 bits per heavy atom. The number of hydrogen-bond donors (Lipinski definition) is 0. The van der Waals surface area contributed by atoms with Crippen molar-refractivity contribution < 1.29 is 14.3 Å². The highest BCUT2D eigenvalue weighted by Gasteiger charge is 2.36. The van der Waals surface area contributed by atoms with Gasteiger partial charge in [-0.2, -0.15) is 0 Å². The number of methoxy groups -OCH3 is 1. The predicted octanol–water partition coefficient (Wildman–Crippen LogP) is 3.23. The molecule has 1 atom stereocenters. The Kier molecular flexibility index (Phi) is 5.30. The van der Waals surface area contributed by atoms with Crippen LogP contribution >= 0.6 is 0 Å². The van der Waals surface area contributed by atoms with Crippen LogP contribution in [-0.2, 0) is 14.3 Å². The number of ether oxygens (including phenoxy) is 1. The van der Waals surface area contributed by atoms with E-state index in [1.165, 1.54) is 7.11 Å². The molecule has 1 saturated carbocycles. The van der Waals surface area contributed by atoms with Crippen LogP contribution in [0.4, 0.5) is 11.4 Å². The number of hydrogen-bond acceptors (Lipinski definition) is 4. The average Bonchev–Trinajstić information content (AvgIpc) is 2.77. The van der Waals surface area contributed by atoms with Gasteiger partial charge in [0, 0.05) is 25.6 Å². The second-order valence-electron chi connectivity index (χ2n) is 7.33. The molecule has 1 aromatic carbocycles. The minimum atomic E-state index is -0.138. The Balaban J connectivity index is 1.79. The predicted molar refractivity (Wildman–Crippen MR) is 98.7 cm³/mol. The van der Waals surface area contributed by atoms with Crippen LogP contribution in [0.15, 0.2) is 24.3 Å². The number of para-hydroxylation sites is 2. The Morgan fingerprint density at radius 1 is 1.00 bits per heavy atom. The summed E-state index contributed by atoms with van der Waals surface area (Å²) in [6.07, 6.45) is 3.97. The van der Waals surface area contributed by atoms with E-state index < -0.39 is 0 Å². The zero-order chi connectivity index (χ0) is 18.0. The zero-order valence-corrected chi connectivity index (χ0v) is 15.4. The summed E-state index contributed by atoms with van der Waals surface area (Å²) in [5.41, 5.74) is 2.12. The molecule has 2 aliphatic rings. The van der Waals surface area contributed by atoms with Gasteiger partial charge in [-0.25, -0.2) is 0 Å². The summed E-state index contributed by atoms with van der Waals surface area (Å²) in [5.74, 6) is 0.0217. The lowest BCUT2D eigenvalue weighted by Crippen LogP contribution is -2.43. The van der Waals surface area contributed by atoms with Crippen LogP contribution in [0.5, 0.6) is 0 Å². The van der Waals surface area contributed by atoms with Crippen molar-refractivity contribution in [1.82, 2.24) is 0 Å². The van der Waals surface area contributed by atoms with Gasteiger partial charge in [-0.3, -0.25) is 9.59 Å². The van der Waals surface area contributed by atoms with Crippen LogP contribution in [0.25, 0.3) is 0 Å². The molecular weight excluding hydrogens is 316 g/mol. The van der Waals surface area contributed by atoms with Gasteiger partial charge in [0.25, 0.3) is 0 Å². The summed E-state index contributed by atoms with van der Waals surface area (Å²) in [6, 6.07) is 8.33. The first-order valence-electron chi connectivity index (χ1n) is 9.24. The van der Waals surface area contributed by atoms with Gasteiger partial charge >= 0.3 is 5.97 Å². The molecular formula is C20H28N2O3. The second-order valence-corrected chi connectivity index (χ2v) is 7.33. The van der Waals surface area contributed by atoms with E-state index in [0.717, 1.165) is 50.0 Å². The van der Waals surface area contributed by atoms with E-state index in [9.17, 15) is 9.59 Å². The van der Waals surface area contributed by atoms with Gasteiger partial charge in [-0.05, 0) is 51.2 Å². The fourth-order valence-electron chi connectivity index (χ4n) is 4.13. The summed E-state index contributed by atoms with van der Waals surface area (Å²) in [5, 5.41) is 0. The minimum Gasteiger partial charge on any atom is -0.469 e. The summed E-state index contributed by atoms with van der Waals surface area (Å²) in [6.45, 7) is 3.07. The number of rotatable bonds is 2. The molecule has 5 nitrogen and oxygen atoms in total. The molecule has 3 rings (SSSR count). The minimum absolute atomic E-state index is 0.000168. The lowest BCUT2D eigenvalue weighted by atomic mass is 9.81. The van der Waals surface area contributed by atoms with Gasteiger partial charge in [0.2, 0.25) is 5.91 Å². The summed E-state index contributed by atoms with van der Waals surface area (Å²) >= 11 is 0. The van der Waals surface area contributed by atoms with Crippen molar-refractivity contribution in [1.29, 1.82) is 0 Å². The highest BCUT2D eigenvalue weighted by molar-refractivity contribution is 5.99. The Hall–Kier alpha value is -2.04. The number of anilines is 2. The van der Waals surface area contributed by atoms with E-state index in [0.29, 0.717) is 0 Å². The molecule has 0 radical (unpaired) electrons. The molecule has 1 aliphatic carbocycles. The highest BCUT2D eigenvalue weighted by atomic mass is 16.5. The van der Waals surface area contributed by atoms with Crippen LogP contribution in [0.3, 0.4) is 0 Å². The third kappa shape index (κ3) is 3.51. The lowest BCUT2D eigenvalue weighted by molar-refractivity contribution is -0.147. The third-order valence-corrected chi connectivity index (χ3v) is 5.72. The number of nitrogens with zero attached hydrogens (tertiary/aromatic N) is 2. The average molecular weight is 344 g/mol. The molecule has 0 bridgehead atoms. The van der Waals surface area contributed by atoms with Gasteiger partial charge in [0.15, 0.2) is 0 Å². The van der Waals surface area contributed by atoms with Gasteiger partial charge in [0.1, 0.15) is 0 Å². The van der Waals surface area contributed by atoms with Crippen molar-refractivity contribution in [2.45, 2.75) is 45.1 Å². The van der Waals surface area contributed by atoms with Crippen molar-refractivity contribution in [2.75, 3.05) is 30.5 Å². The van der Waals surface area contributed by atoms with Crippen molar-refractivity contribution in [3.63, 3.8) is 0 Å². The van der Waals surface area contributed by atoms with Gasteiger partial charge < -0.3 is 14.5 Å². The maximum Gasteiger partial charge on any atom is 0.308 e. The van der Waals surface area contributed by atoms with E-state index in [1.807, 2.05) is 23.1 Å². The van der Waals surface area contributed by atoms with Crippen LogP contribution in [0.1, 0.15) is 39.0 Å². The van der Waals surface area contributed by atoms with Crippen molar-refractivity contribution in [3.8, 4) is 0 Å². The summed E-state index contributed by atoms with van der Waals surface area (Å²) in [4.78, 5) is 29.3. The molecule has 1 unspecified atom stereocenters. The molecule has 5 heteroatoms. The molecule has 1 aromatic rings.